The molecule has 0 saturated carbocycles. The van der Waals surface area contributed by atoms with Gasteiger partial charge in [-0.05, 0) is 44.4 Å². The highest BCUT2D eigenvalue weighted by Gasteiger charge is 2.22. The number of thiophene rings is 1. The number of aryl methyl sites for hydroxylation is 2. The van der Waals surface area contributed by atoms with E-state index in [0.29, 0.717) is 28.2 Å². The Labute approximate surface area is 162 Å². The molecule has 0 spiro atoms. The highest BCUT2D eigenvalue weighted by molar-refractivity contribution is 7.15. The van der Waals surface area contributed by atoms with Crippen LogP contribution in [-0.2, 0) is 6.54 Å². The number of unbranched alkanes of at least 4 members (excludes halogenated alkanes) is 1. The number of hydrogen-bond acceptors (Lipinski definition) is 4. The molecule has 0 bridgehead atoms. The summed E-state index contributed by atoms with van der Waals surface area (Å²) in [5, 5.41) is 14.4. The number of aromatic nitrogens is 1. The van der Waals surface area contributed by atoms with Gasteiger partial charge in [0.05, 0.1) is 5.56 Å². The first kappa shape index (κ1) is 20.7. The van der Waals surface area contributed by atoms with Crippen molar-refractivity contribution in [2.45, 2.75) is 47.1 Å². The van der Waals surface area contributed by atoms with Crippen molar-refractivity contribution in [3.05, 3.63) is 49.7 Å². The van der Waals surface area contributed by atoms with E-state index in [1.54, 1.807) is 19.2 Å². The summed E-state index contributed by atoms with van der Waals surface area (Å²) < 4.78 is 0. The van der Waals surface area contributed by atoms with E-state index in [0.717, 1.165) is 24.1 Å². The lowest BCUT2D eigenvalue weighted by atomic mass is 10.1. The quantitative estimate of drug-likeness (QED) is 0.671. The first-order valence-corrected chi connectivity index (χ1v) is 9.70. The fourth-order valence-corrected chi connectivity index (χ4v) is 3.96. The number of aromatic amines is 1. The molecule has 0 aliphatic heterocycles. The Morgan fingerprint density at radius 1 is 1.30 bits per heavy atom. The van der Waals surface area contributed by atoms with Gasteiger partial charge in [0.25, 0.3) is 11.5 Å². The average Bonchev–Trinajstić information content (AvgIpc) is 2.95. The van der Waals surface area contributed by atoms with Crippen LogP contribution in [0, 0.1) is 20.8 Å². The van der Waals surface area contributed by atoms with E-state index in [1.165, 1.54) is 16.2 Å². The topological polar surface area (TPSA) is 102 Å². The normalized spacial score (nSPS) is 10.7. The predicted molar refractivity (Wildman–Crippen MR) is 107 cm³/mol. The first-order chi connectivity index (χ1) is 12.8. The zero-order valence-corrected chi connectivity index (χ0v) is 16.8. The maximum atomic E-state index is 12.6. The second-order valence-electron chi connectivity index (χ2n) is 6.49. The molecule has 7 nitrogen and oxygen atoms in total. The number of anilines is 1. The van der Waals surface area contributed by atoms with Gasteiger partial charge in [0.1, 0.15) is 5.00 Å². The molecular formula is C19H25N3O4S. The number of carboxylic acid groups (broad SMARTS) is 1. The number of pyridine rings is 1. The van der Waals surface area contributed by atoms with Gasteiger partial charge in [-0.15, -0.1) is 11.3 Å². The Hall–Kier alpha value is -2.61. The third kappa shape index (κ3) is 4.77. The average molecular weight is 391 g/mol. The van der Waals surface area contributed by atoms with Crippen molar-refractivity contribution in [2.24, 2.45) is 0 Å². The van der Waals surface area contributed by atoms with E-state index in [9.17, 15) is 19.5 Å². The summed E-state index contributed by atoms with van der Waals surface area (Å²) in [5.41, 5.74) is 2.94. The molecule has 2 heterocycles. The summed E-state index contributed by atoms with van der Waals surface area (Å²) in [4.78, 5) is 40.2. The van der Waals surface area contributed by atoms with E-state index in [1.807, 2.05) is 19.9 Å². The van der Waals surface area contributed by atoms with Crippen LogP contribution in [0.2, 0.25) is 0 Å². The van der Waals surface area contributed by atoms with Crippen LogP contribution in [0.1, 0.15) is 52.5 Å². The van der Waals surface area contributed by atoms with Gasteiger partial charge in [0.2, 0.25) is 0 Å². The Bertz CT molecular complexity index is 901. The molecule has 3 N–H and O–H groups in total. The van der Waals surface area contributed by atoms with Gasteiger partial charge in [-0.25, -0.2) is 4.79 Å². The lowest BCUT2D eigenvalue weighted by molar-refractivity contribution is 0.0950. The van der Waals surface area contributed by atoms with Gasteiger partial charge < -0.3 is 15.4 Å². The van der Waals surface area contributed by atoms with E-state index in [4.69, 9.17) is 0 Å². The van der Waals surface area contributed by atoms with E-state index >= 15 is 0 Å². The molecule has 2 aromatic rings. The Kier molecular flexibility index (Phi) is 6.79. The molecule has 27 heavy (non-hydrogen) atoms. The van der Waals surface area contributed by atoms with E-state index < -0.39 is 6.09 Å². The number of hydrogen-bond donors (Lipinski definition) is 3. The molecule has 0 saturated heterocycles. The van der Waals surface area contributed by atoms with Crippen LogP contribution >= 0.6 is 11.3 Å². The second kappa shape index (κ2) is 8.85. The van der Waals surface area contributed by atoms with Crippen LogP contribution < -0.4 is 15.8 Å². The van der Waals surface area contributed by atoms with Crippen molar-refractivity contribution in [1.29, 1.82) is 0 Å². The molecule has 146 valence electrons. The van der Waals surface area contributed by atoms with Gasteiger partial charge in [-0.1, -0.05) is 13.3 Å². The molecule has 0 radical (unpaired) electrons. The van der Waals surface area contributed by atoms with Crippen LogP contribution in [0.25, 0.3) is 0 Å². The monoisotopic (exact) mass is 391 g/mol. The minimum absolute atomic E-state index is 0.114. The SMILES string of the molecule is CCCCN(C(=O)O)c1scc(C(=O)NCc2c(C)cc(C)[nH]c2=O)c1C. The minimum atomic E-state index is -1.03. The first-order valence-electron chi connectivity index (χ1n) is 8.82. The van der Waals surface area contributed by atoms with Crippen molar-refractivity contribution >= 4 is 28.3 Å². The van der Waals surface area contributed by atoms with Crippen LogP contribution in [0.4, 0.5) is 9.80 Å². The highest BCUT2D eigenvalue weighted by atomic mass is 32.1. The third-order valence-corrected chi connectivity index (χ3v) is 5.49. The minimum Gasteiger partial charge on any atom is -0.465 e. The summed E-state index contributed by atoms with van der Waals surface area (Å²) in [5.74, 6) is -0.324. The highest BCUT2D eigenvalue weighted by Crippen LogP contribution is 2.31. The Balaban J connectivity index is 2.17. The number of carbonyl (C=O) groups excluding carboxylic acids is 1. The van der Waals surface area contributed by atoms with E-state index in [-0.39, 0.29) is 18.0 Å². The summed E-state index contributed by atoms with van der Waals surface area (Å²) in [6, 6.07) is 1.86. The molecule has 0 aliphatic carbocycles. The summed E-state index contributed by atoms with van der Waals surface area (Å²) in [7, 11) is 0. The lowest BCUT2D eigenvalue weighted by Crippen LogP contribution is -2.30. The summed E-state index contributed by atoms with van der Waals surface area (Å²) in [6.45, 7) is 7.88. The molecule has 0 aromatic carbocycles. The van der Waals surface area contributed by atoms with Gasteiger partial charge >= 0.3 is 6.09 Å². The standard InChI is InChI=1S/C19H25N3O4S/c1-5-6-7-22(19(25)26)18-13(4)15(10-27-18)16(23)20-9-14-11(2)8-12(3)21-17(14)24/h8,10H,5-7,9H2,1-4H3,(H,20,23)(H,21,24)(H,25,26). The largest absolute Gasteiger partial charge is 0.465 e. The fourth-order valence-electron chi connectivity index (χ4n) is 2.86. The molecule has 0 aliphatic rings. The molecule has 8 heteroatoms. The second-order valence-corrected chi connectivity index (χ2v) is 7.35. The van der Waals surface area contributed by atoms with Crippen molar-refractivity contribution in [3.8, 4) is 0 Å². The van der Waals surface area contributed by atoms with Crippen LogP contribution in [0.5, 0.6) is 0 Å². The van der Waals surface area contributed by atoms with Gasteiger partial charge in [0.15, 0.2) is 0 Å². The molecule has 2 rings (SSSR count). The maximum absolute atomic E-state index is 12.6. The van der Waals surface area contributed by atoms with Gasteiger partial charge in [-0.3, -0.25) is 14.5 Å². The van der Waals surface area contributed by atoms with Crippen molar-refractivity contribution in [1.82, 2.24) is 10.3 Å². The number of rotatable bonds is 7. The Morgan fingerprint density at radius 3 is 2.59 bits per heavy atom. The summed E-state index contributed by atoms with van der Waals surface area (Å²) >= 11 is 1.24. The van der Waals surface area contributed by atoms with Gasteiger partial charge in [-0.2, -0.15) is 0 Å². The predicted octanol–water partition coefficient (Wildman–Crippen LogP) is 3.58. The Morgan fingerprint density at radius 2 is 2.00 bits per heavy atom. The molecule has 0 atom stereocenters. The number of H-pyrrole nitrogens is 1. The number of carbonyl (C=O) groups is 2. The third-order valence-electron chi connectivity index (χ3n) is 4.39. The van der Waals surface area contributed by atoms with Gasteiger partial charge in [0, 0.05) is 29.7 Å². The molecule has 0 fully saturated rings. The van der Waals surface area contributed by atoms with Crippen LogP contribution in [0.3, 0.4) is 0 Å². The van der Waals surface area contributed by atoms with E-state index in [2.05, 4.69) is 10.3 Å². The smallest absolute Gasteiger partial charge is 0.412 e. The van der Waals surface area contributed by atoms with Crippen molar-refractivity contribution < 1.29 is 14.7 Å². The van der Waals surface area contributed by atoms with Crippen molar-refractivity contribution in [3.63, 3.8) is 0 Å². The summed E-state index contributed by atoms with van der Waals surface area (Å²) in [6.07, 6.45) is 0.606. The maximum Gasteiger partial charge on any atom is 0.412 e. The molecular weight excluding hydrogens is 366 g/mol. The lowest BCUT2D eigenvalue weighted by Gasteiger charge is -2.18. The number of amides is 2. The zero-order chi connectivity index (χ0) is 20.1. The molecule has 2 amide bonds. The van der Waals surface area contributed by atoms with Crippen molar-refractivity contribution in [2.75, 3.05) is 11.4 Å². The van der Waals surface area contributed by atoms with Crippen LogP contribution in [0.15, 0.2) is 16.2 Å². The van der Waals surface area contributed by atoms with Crippen LogP contribution in [-0.4, -0.2) is 28.6 Å². The number of nitrogens with zero attached hydrogens (tertiary/aromatic N) is 1. The molecule has 0 unspecified atom stereocenters. The number of nitrogens with one attached hydrogen (secondary N) is 2. The fraction of sp³-hybridized carbons (Fsp3) is 0.421. The zero-order valence-electron chi connectivity index (χ0n) is 16.0. The molecule has 2 aromatic heterocycles.